The van der Waals surface area contributed by atoms with Crippen molar-refractivity contribution >= 4 is 45.9 Å². The number of carbonyl (C=O) groups excluding carboxylic acids is 1. The maximum atomic E-state index is 13.5. The first kappa shape index (κ1) is 29.8. The molecule has 1 saturated heterocycles. The summed E-state index contributed by atoms with van der Waals surface area (Å²) in [5.41, 5.74) is 0.271. The van der Waals surface area contributed by atoms with Crippen LogP contribution in [0.1, 0.15) is 76.7 Å². The van der Waals surface area contributed by atoms with Crippen LogP contribution >= 0.6 is 24.0 Å². The molecule has 3 heterocycles. The van der Waals surface area contributed by atoms with E-state index in [0.29, 0.717) is 32.9 Å². The van der Waals surface area contributed by atoms with Gasteiger partial charge in [0.05, 0.1) is 12.0 Å². The summed E-state index contributed by atoms with van der Waals surface area (Å²) < 4.78 is 13.4. The van der Waals surface area contributed by atoms with Crippen LogP contribution in [0.4, 0.5) is 0 Å². The van der Waals surface area contributed by atoms with Crippen molar-refractivity contribution in [2.45, 2.75) is 71.1 Å². The predicted molar refractivity (Wildman–Crippen MR) is 166 cm³/mol. The Bertz CT molecular complexity index is 1420. The molecule has 3 aromatic rings. The summed E-state index contributed by atoms with van der Waals surface area (Å²) in [5.74, 6) is 0.832. The van der Waals surface area contributed by atoms with Crippen LogP contribution in [0, 0.1) is 0 Å². The van der Waals surface area contributed by atoms with Crippen LogP contribution in [0.2, 0.25) is 0 Å². The number of rotatable bonds is 15. The maximum absolute atomic E-state index is 13.5. The molecule has 7 nitrogen and oxygen atoms in total. The first-order valence-corrected chi connectivity index (χ1v) is 15.3. The molecule has 0 N–H and O–H groups in total. The number of carbonyl (C=O) groups is 1. The van der Waals surface area contributed by atoms with Crippen molar-refractivity contribution in [1.82, 2.24) is 14.3 Å². The number of thioether (sulfide) groups is 1. The quantitative estimate of drug-likeness (QED) is 0.104. The van der Waals surface area contributed by atoms with E-state index in [-0.39, 0.29) is 22.9 Å². The van der Waals surface area contributed by atoms with E-state index in [1.165, 1.54) is 67.5 Å². The van der Waals surface area contributed by atoms with Crippen LogP contribution in [-0.2, 0) is 4.79 Å². The molecule has 1 amide bonds. The molecule has 9 heteroatoms. The van der Waals surface area contributed by atoms with Gasteiger partial charge in [0.1, 0.15) is 15.5 Å². The number of methoxy groups -OCH3 is 1. The number of para-hydroxylation sites is 2. The van der Waals surface area contributed by atoms with Crippen molar-refractivity contribution in [1.29, 1.82) is 0 Å². The average molecular weight is 580 g/mol. The number of amides is 1. The molecule has 40 heavy (non-hydrogen) atoms. The van der Waals surface area contributed by atoms with E-state index in [2.05, 4.69) is 11.9 Å². The molecule has 0 unspecified atom stereocenters. The number of ether oxygens (including phenoxy) is 2. The number of hydrogen-bond donors (Lipinski definition) is 0. The van der Waals surface area contributed by atoms with E-state index >= 15 is 0 Å². The topological polar surface area (TPSA) is 73.1 Å². The third kappa shape index (κ3) is 7.52. The number of benzene rings is 1. The summed E-state index contributed by atoms with van der Waals surface area (Å²) in [6, 6.07) is 12.4. The molecule has 212 valence electrons. The zero-order chi connectivity index (χ0) is 28.3. The molecular weight excluding hydrogens is 542 g/mol. The smallest absolute Gasteiger partial charge is 0.269 e. The number of unbranched alkanes of at least 4 members (excludes halogenated alkanes) is 9. The Kier molecular flexibility index (Phi) is 11.2. The van der Waals surface area contributed by atoms with Gasteiger partial charge in [0.25, 0.3) is 11.5 Å². The molecular formula is C31H37N3O4S2. The number of fused-ring (bicyclic) bond motifs is 1. The lowest BCUT2D eigenvalue weighted by molar-refractivity contribution is -0.122. The van der Waals surface area contributed by atoms with E-state index in [4.69, 9.17) is 21.7 Å². The molecule has 0 saturated carbocycles. The Morgan fingerprint density at radius 2 is 1.55 bits per heavy atom. The highest BCUT2D eigenvalue weighted by molar-refractivity contribution is 8.26. The maximum Gasteiger partial charge on any atom is 0.269 e. The predicted octanol–water partition coefficient (Wildman–Crippen LogP) is 7.62. The van der Waals surface area contributed by atoms with Crippen molar-refractivity contribution in [3.63, 3.8) is 0 Å². The Morgan fingerprint density at radius 1 is 0.900 bits per heavy atom. The van der Waals surface area contributed by atoms with Crippen molar-refractivity contribution in [2.75, 3.05) is 13.7 Å². The van der Waals surface area contributed by atoms with Gasteiger partial charge in [0, 0.05) is 12.7 Å². The zero-order valence-electron chi connectivity index (χ0n) is 23.3. The van der Waals surface area contributed by atoms with Gasteiger partial charge in [0.2, 0.25) is 5.88 Å². The van der Waals surface area contributed by atoms with Crippen molar-refractivity contribution in [2.24, 2.45) is 0 Å². The lowest BCUT2D eigenvalue weighted by Gasteiger charge is -2.14. The second-order valence-corrected chi connectivity index (χ2v) is 11.5. The highest BCUT2D eigenvalue weighted by atomic mass is 32.2. The lowest BCUT2D eigenvalue weighted by atomic mass is 10.1. The molecule has 1 aliphatic heterocycles. The molecule has 0 radical (unpaired) electrons. The van der Waals surface area contributed by atoms with Crippen LogP contribution in [0.15, 0.2) is 58.4 Å². The molecule has 0 aliphatic carbocycles. The summed E-state index contributed by atoms with van der Waals surface area (Å²) in [6.07, 6.45) is 15.4. The number of thiocarbonyl (C=S) groups is 1. The Hall–Kier alpha value is -3.17. The molecule has 1 aliphatic rings. The fourth-order valence-corrected chi connectivity index (χ4v) is 5.96. The number of aromatic nitrogens is 2. The third-order valence-corrected chi connectivity index (χ3v) is 8.27. The van der Waals surface area contributed by atoms with Gasteiger partial charge >= 0.3 is 0 Å². The number of hydrogen-bond acceptors (Lipinski definition) is 7. The first-order chi connectivity index (χ1) is 19.5. The number of pyridine rings is 1. The van der Waals surface area contributed by atoms with E-state index < -0.39 is 0 Å². The second kappa shape index (κ2) is 15.0. The lowest BCUT2D eigenvalue weighted by Crippen LogP contribution is -2.29. The number of nitrogens with zero attached hydrogens (tertiary/aromatic N) is 3. The minimum absolute atomic E-state index is 0.0978. The second-order valence-electron chi connectivity index (χ2n) is 9.83. The average Bonchev–Trinajstić information content (AvgIpc) is 3.23. The van der Waals surface area contributed by atoms with Crippen LogP contribution in [0.25, 0.3) is 11.7 Å². The largest absolute Gasteiger partial charge is 0.493 e. The monoisotopic (exact) mass is 579 g/mol. The minimum atomic E-state index is -0.338. The van der Waals surface area contributed by atoms with Gasteiger partial charge in [-0.1, -0.05) is 107 Å². The van der Waals surface area contributed by atoms with E-state index in [9.17, 15) is 9.59 Å². The van der Waals surface area contributed by atoms with Gasteiger partial charge in [-0.25, -0.2) is 0 Å². The van der Waals surface area contributed by atoms with Gasteiger partial charge < -0.3 is 9.47 Å². The summed E-state index contributed by atoms with van der Waals surface area (Å²) in [7, 11) is 1.55. The van der Waals surface area contributed by atoms with E-state index in [1.807, 2.05) is 12.1 Å². The van der Waals surface area contributed by atoms with Gasteiger partial charge in [-0.15, -0.1) is 0 Å². The molecule has 2 aromatic heterocycles. The molecule has 1 aromatic carbocycles. The van der Waals surface area contributed by atoms with Crippen molar-refractivity contribution < 1.29 is 14.3 Å². The zero-order valence-corrected chi connectivity index (χ0v) is 24.9. The normalized spacial score (nSPS) is 14.4. The Morgan fingerprint density at radius 3 is 2.25 bits per heavy atom. The minimum Gasteiger partial charge on any atom is -0.493 e. The van der Waals surface area contributed by atoms with Crippen LogP contribution in [0.5, 0.6) is 17.4 Å². The fraction of sp³-hybridized carbons (Fsp3) is 0.419. The van der Waals surface area contributed by atoms with Gasteiger partial charge in [0.15, 0.2) is 11.5 Å². The van der Waals surface area contributed by atoms with Crippen LogP contribution < -0.4 is 15.0 Å². The van der Waals surface area contributed by atoms with Crippen LogP contribution in [0.3, 0.4) is 0 Å². The Balaban J connectivity index is 1.46. The first-order valence-electron chi connectivity index (χ1n) is 14.1. The van der Waals surface area contributed by atoms with Gasteiger partial charge in [-0.3, -0.25) is 18.9 Å². The van der Waals surface area contributed by atoms with Crippen molar-refractivity contribution in [3.8, 4) is 17.4 Å². The fourth-order valence-electron chi connectivity index (χ4n) is 4.67. The van der Waals surface area contributed by atoms with Gasteiger partial charge in [-0.05, 0) is 36.8 Å². The standard InChI is InChI=1S/C31H37N3O4S2/c1-3-4-5-6-7-8-9-10-11-15-21-34-30(36)26(40-31(34)39)22-23-28(38-25-18-13-12-17-24(25)37-2)32-27-19-14-16-20-33(27)29(23)35/h12-14,16-20,22H,3-11,15,21H2,1-2H3/b26-22+. The van der Waals surface area contributed by atoms with Crippen LogP contribution in [-0.4, -0.2) is 38.2 Å². The van der Waals surface area contributed by atoms with E-state index in [1.54, 1.807) is 54.6 Å². The van der Waals surface area contributed by atoms with Crippen molar-refractivity contribution in [3.05, 3.63) is 69.5 Å². The van der Waals surface area contributed by atoms with E-state index in [0.717, 1.165) is 12.8 Å². The summed E-state index contributed by atoms with van der Waals surface area (Å²) in [4.78, 5) is 33.5. The molecule has 1 fully saturated rings. The summed E-state index contributed by atoms with van der Waals surface area (Å²) in [6.45, 7) is 2.82. The highest BCUT2D eigenvalue weighted by Crippen LogP contribution is 2.36. The molecule has 0 atom stereocenters. The molecule has 0 bridgehead atoms. The SMILES string of the molecule is CCCCCCCCCCCCN1C(=O)/C(=C\c2c(Oc3ccccc3OC)nc3ccccn3c2=O)SC1=S. The molecule has 0 spiro atoms. The Labute approximate surface area is 245 Å². The van der Waals surface area contributed by atoms with Gasteiger partial charge in [-0.2, -0.15) is 4.98 Å². The summed E-state index contributed by atoms with van der Waals surface area (Å²) >= 11 is 6.75. The third-order valence-electron chi connectivity index (χ3n) is 6.89. The highest BCUT2D eigenvalue weighted by Gasteiger charge is 2.32. The summed E-state index contributed by atoms with van der Waals surface area (Å²) in [5, 5.41) is 0. The molecule has 4 rings (SSSR count).